The van der Waals surface area contributed by atoms with E-state index < -0.39 is 0 Å². The lowest BCUT2D eigenvalue weighted by Crippen LogP contribution is -2.38. The van der Waals surface area contributed by atoms with Gasteiger partial charge in [-0.05, 0) is 37.3 Å². The summed E-state index contributed by atoms with van der Waals surface area (Å²) in [5.41, 5.74) is 0. The quantitative estimate of drug-likeness (QED) is 0.829. The predicted octanol–water partition coefficient (Wildman–Crippen LogP) is 1.99. The van der Waals surface area contributed by atoms with Crippen molar-refractivity contribution in [1.82, 2.24) is 15.0 Å². The van der Waals surface area contributed by atoms with Crippen LogP contribution < -0.4 is 9.80 Å². The Kier molecular flexibility index (Phi) is 4.75. The molecular formula is C14H22ClN5O. The molecule has 1 saturated heterocycles. The molecule has 3 rings (SSSR count). The van der Waals surface area contributed by atoms with Gasteiger partial charge in [0.25, 0.3) is 0 Å². The normalized spacial score (nSPS) is 19.4. The molecule has 0 amide bonds. The van der Waals surface area contributed by atoms with Crippen molar-refractivity contribution in [2.75, 3.05) is 49.2 Å². The third-order valence-corrected chi connectivity index (χ3v) is 4.42. The number of nitrogens with zero attached hydrogens (tertiary/aromatic N) is 5. The number of ether oxygens (including phenoxy) is 1. The predicted molar refractivity (Wildman–Crippen MR) is 83.1 cm³/mol. The second-order valence-electron chi connectivity index (χ2n) is 5.64. The second-order valence-corrected chi connectivity index (χ2v) is 5.98. The number of morpholine rings is 1. The van der Waals surface area contributed by atoms with Crippen LogP contribution in [0.1, 0.15) is 26.2 Å². The Labute approximate surface area is 130 Å². The Morgan fingerprint density at radius 2 is 2.00 bits per heavy atom. The fourth-order valence-corrected chi connectivity index (χ4v) is 2.87. The Balaban J connectivity index is 1.77. The Morgan fingerprint density at radius 1 is 1.24 bits per heavy atom. The molecule has 116 valence electrons. The molecule has 0 N–H and O–H groups in total. The van der Waals surface area contributed by atoms with Gasteiger partial charge < -0.3 is 14.5 Å². The van der Waals surface area contributed by atoms with E-state index in [9.17, 15) is 0 Å². The van der Waals surface area contributed by atoms with Crippen LogP contribution in [0.5, 0.6) is 0 Å². The molecule has 0 unspecified atom stereocenters. The summed E-state index contributed by atoms with van der Waals surface area (Å²) in [6, 6.07) is 0. The molecule has 1 aliphatic heterocycles. The standard InChI is InChI=1S/C14H22ClN5O/c1-2-19(10-11-4-3-5-11)13-16-12(15)17-14(18-13)20-6-8-21-9-7-20/h11H,2-10H2,1H3. The summed E-state index contributed by atoms with van der Waals surface area (Å²) in [5, 5.41) is 0.272. The molecule has 6 nitrogen and oxygen atoms in total. The molecule has 2 fully saturated rings. The number of hydrogen-bond donors (Lipinski definition) is 0. The van der Waals surface area contributed by atoms with E-state index in [1.807, 2.05) is 0 Å². The molecule has 2 heterocycles. The van der Waals surface area contributed by atoms with Crippen LogP contribution in [0.3, 0.4) is 0 Å². The van der Waals surface area contributed by atoms with E-state index in [1.54, 1.807) is 0 Å². The molecule has 1 aliphatic carbocycles. The summed E-state index contributed by atoms with van der Waals surface area (Å²) < 4.78 is 5.37. The van der Waals surface area contributed by atoms with Crippen molar-refractivity contribution in [3.8, 4) is 0 Å². The Hall–Kier alpha value is -1.14. The van der Waals surface area contributed by atoms with E-state index in [0.29, 0.717) is 25.1 Å². The van der Waals surface area contributed by atoms with Crippen molar-refractivity contribution in [2.24, 2.45) is 5.92 Å². The monoisotopic (exact) mass is 311 g/mol. The zero-order chi connectivity index (χ0) is 14.7. The fourth-order valence-electron chi connectivity index (χ4n) is 2.71. The van der Waals surface area contributed by atoms with Crippen LogP contribution in [0.2, 0.25) is 5.28 Å². The number of halogens is 1. The summed E-state index contributed by atoms with van der Waals surface area (Å²) >= 11 is 6.11. The SMILES string of the molecule is CCN(CC1CCC1)c1nc(Cl)nc(N2CCOCC2)n1. The highest BCUT2D eigenvalue weighted by atomic mass is 35.5. The van der Waals surface area contributed by atoms with Gasteiger partial charge >= 0.3 is 0 Å². The first-order valence-electron chi connectivity index (χ1n) is 7.75. The van der Waals surface area contributed by atoms with Crippen LogP contribution in [-0.2, 0) is 4.74 Å². The van der Waals surface area contributed by atoms with Crippen LogP contribution in [0.15, 0.2) is 0 Å². The summed E-state index contributed by atoms with van der Waals surface area (Å²) in [6.45, 7) is 7.04. The molecular weight excluding hydrogens is 290 g/mol. The molecule has 0 spiro atoms. The average Bonchev–Trinajstić information content (AvgIpc) is 2.46. The third kappa shape index (κ3) is 3.55. The van der Waals surface area contributed by atoms with Gasteiger partial charge in [-0.2, -0.15) is 15.0 Å². The van der Waals surface area contributed by atoms with E-state index in [0.717, 1.165) is 32.1 Å². The maximum Gasteiger partial charge on any atom is 0.231 e. The van der Waals surface area contributed by atoms with Gasteiger partial charge in [0.05, 0.1) is 13.2 Å². The minimum absolute atomic E-state index is 0.272. The van der Waals surface area contributed by atoms with Crippen molar-refractivity contribution < 1.29 is 4.74 Å². The molecule has 0 aromatic carbocycles. The third-order valence-electron chi connectivity index (χ3n) is 4.25. The number of rotatable bonds is 5. The van der Waals surface area contributed by atoms with Crippen molar-refractivity contribution in [3.63, 3.8) is 0 Å². The largest absolute Gasteiger partial charge is 0.378 e. The van der Waals surface area contributed by atoms with Crippen molar-refractivity contribution in [3.05, 3.63) is 5.28 Å². The number of anilines is 2. The van der Waals surface area contributed by atoms with E-state index in [1.165, 1.54) is 19.3 Å². The molecule has 21 heavy (non-hydrogen) atoms. The van der Waals surface area contributed by atoms with Gasteiger partial charge in [0.1, 0.15) is 0 Å². The lowest BCUT2D eigenvalue weighted by atomic mass is 9.85. The summed E-state index contributed by atoms with van der Waals surface area (Å²) in [5.74, 6) is 2.14. The van der Waals surface area contributed by atoms with Crippen LogP contribution in [0.4, 0.5) is 11.9 Å². The highest BCUT2D eigenvalue weighted by molar-refractivity contribution is 6.28. The first-order chi connectivity index (χ1) is 10.3. The molecule has 1 saturated carbocycles. The average molecular weight is 312 g/mol. The highest BCUT2D eigenvalue weighted by Crippen LogP contribution is 2.28. The highest BCUT2D eigenvalue weighted by Gasteiger charge is 2.23. The summed E-state index contributed by atoms with van der Waals surface area (Å²) in [4.78, 5) is 17.5. The van der Waals surface area contributed by atoms with E-state index in [-0.39, 0.29) is 5.28 Å². The lowest BCUT2D eigenvalue weighted by Gasteiger charge is -2.32. The van der Waals surface area contributed by atoms with Gasteiger partial charge in [0.2, 0.25) is 17.2 Å². The van der Waals surface area contributed by atoms with E-state index in [2.05, 4.69) is 31.7 Å². The van der Waals surface area contributed by atoms with Crippen molar-refractivity contribution in [2.45, 2.75) is 26.2 Å². The van der Waals surface area contributed by atoms with Crippen LogP contribution >= 0.6 is 11.6 Å². The molecule has 1 aromatic heterocycles. The Bertz CT molecular complexity index is 476. The summed E-state index contributed by atoms with van der Waals surface area (Å²) in [7, 11) is 0. The molecule has 1 aromatic rings. The van der Waals surface area contributed by atoms with Crippen LogP contribution in [0.25, 0.3) is 0 Å². The van der Waals surface area contributed by atoms with Gasteiger partial charge in [-0.1, -0.05) is 6.42 Å². The molecule has 0 bridgehead atoms. The molecule has 7 heteroatoms. The maximum absolute atomic E-state index is 6.11. The molecule has 0 atom stereocenters. The summed E-state index contributed by atoms with van der Waals surface area (Å²) in [6.07, 6.45) is 3.97. The van der Waals surface area contributed by atoms with Gasteiger partial charge in [-0.25, -0.2) is 0 Å². The number of aromatic nitrogens is 3. The minimum Gasteiger partial charge on any atom is -0.378 e. The molecule has 0 radical (unpaired) electrons. The van der Waals surface area contributed by atoms with Gasteiger partial charge in [-0.3, -0.25) is 0 Å². The van der Waals surface area contributed by atoms with Crippen molar-refractivity contribution in [1.29, 1.82) is 0 Å². The first-order valence-corrected chi connectivity index (χ1v) is 8.13. The van der Waals surface area contributed by atoms with Gasteiger partial charge in [0, 0.05) is 26.2 Å². The maximum atomic E-state index is 6.11. The number of hydrogen-bond acceptors (Lipinski definition) is 6. The first kappa shape index (κ1) is 14.8. The smallest absolute Gasteiger partial charge is 0.231 e. The second kappa shape index (κ2) is 6.75. The molecule has 2 aliphatic rings. The lowest BCUT2D eigenvalue weighted by molar-refractivity contribution is 0.122. The zero-order valence-electron chi connectivity index (χ0n) is 12.5. The van der Waals surface area contributed by atoms with E-state index >= 15 is 0 Å². The Morgan fingerprint density at radius 3 is 2.62 bits per heavy atom. The fraction of sp³-hybridized carbons (Fsp3) is 0.786. The van der Waals surface area contributed by atoms with Gasteiger partial charge in [0.15, 0.2) is 0 Å². The van der Waals surface area contributed by atoms with Crippen LogP contribution in [-0.4, -0.2) is 54.3 Å². The van der Waals surface area contributed by atoms with Crippen LogP contribution in [0, 0.1) is 5.92 Å². The van der Waals surface area contributed by atoms with E-state index in [4.69, 9.17) is 16.3 Å². The topological polar surface area (TPSA) is 54.4 Å². The zero-order valence-corrected chi connectivity index (χ0v) is 13.2. The minimum atomic E-state index is 0.272. The van der Waals surface area contributed by atoms with Gasteiger partial charge in [-0.15, -0.1) is 0 Å². The van der Waals surface area contributed by atoms with Crippen molar-refractivity contribution >= 4 is 23.5 Å².